The van der Waals surface area contributed by atoms with Crippen molar-refractivity contribution in [3.63, 3.8) is 0 Å². The summed E-state index contributed by atoms with van der Waals surface area (Å²) in [5, 5.41) is 36.2. The number of H-pyrrole nitrogens is 1. The predicted molar refractivity (Wildman–Crippen MR) is 252 cm³/mol. The lowest BCUT2D eigenvalue weighted by Crippen LogP contribution is -2.61. The minimum atomic E-state index is -1.62. The van der Waals surface area contributed by atoms with Crippen LogP contribution < -0.4 is 43.4 Å². The normalized spacial score (nSPS) is 14.9. The highest BCUT2D eigenvalue weighted by molar-refractivity contribution is 7.80. The Kier molecular flexibility index (Phi) is 20.8. The number of amides is 6. The number of aromatic nitrogens is 1. The molecular weight excluding hydrogens is 875 g/mol. The van der Waals surface area contributed by atoms with Crippen LogP contribution in [0.25, 0.3) is 10.9 Å². The molecule has 8 atom stereocenters. The Bertz CT molecular complexity index is 2210. The molecule has 0 aliphatic carbocycles. The maximum Gasteiger partial charge on any atom is 0.327 e. The number of carboxylic acids is 1. The van der Waals surface area contributed by atoms with Gasteiger partial charge in [-0.1, -0.05) is 78.9 Å². The van der Waals surface area contributed by atoms with E-state index in [-0.39, 0.29) is 43.7 Å². The largest absolute Gasteiger partial charge is 0.480 e. The molecule has 0 aliphatic heterocycles. The third-order valence-corrected chi connectivity index (χ3v) is 11.3. The molecule has 4 aromatic rings. The van der Waals surface area contributed by atoms with Crippen molar-refractivity contribution in [2.45, 2.75) is 93.8 Å². The van der Waals surface area contributed by atoms with E-state index in [1.807, 2.05) is 54.6 Å². The minimum absolute atomic E-state index is 0.0243. The first-order valence-corrected chi connectivity index (χ1v) is 22.4. The van der Waals surface area contributed by atoms with E-state index in [4.69, 9.17) is 11.5 Å². The topological polar surface area (TPSA) is 300 Å². The highest BCUT2D eigenvalue weighted by Gasteiger charge is 2.35. The maximum absolute atomic E-state index is 14.5. The number of aliphatic carboxylic acids is 1. The molecule has 0 unspecified atom stereocenters. The van der Waals surface area contributed by atoms with Gasteiger partial charge in [0.25, 0.3) is 0 Å². The van der Waals surface area contributed by atoms with Gasteiger partial charge in [0.15, 0.2) is 0 Å². The smallest absolute Gasteiger partial charge is 0.327 e. The summed E-state index contributed by atoms with van der Waals surface area (Å²) in [6.07, 6.45) is 1.15. The number of carbonyl (C=O) groups is 7. The number of fused-ring (bicyclic) bond motifs is 1. The molecule has 1 aromatic heterocycles. The van der Waals surface area contributed by atoms with Crippen molar-refractivity contribution in [1.82, 2.24) is 36.9 Å². The molecule has 0 aliphatic rings. The van der Waals surface area contributed by atoms with Crippen LogP contribution in [0.1, 0.15) is 42.9 Å². The number of unbranched alkanes of at least 4 members (excludes halogenated alkanes) is 1. The second-order valence-corrected chi connectivity index (χ2v) is 16.3. The van der Waals surface area contributed by atoms with Crippen molar-refractivity contribution in [2.24, 2.45) is 11.5 Å². The lowest BCUT2D eigenvalue weighted by molar-refractivity contribution is -0.142. The number of aromatic amines is 1. The first kappa shape index (κ1) is 51.7. The van der Waals surface area contributed by atoms with Crippen molar-refractivity contribution in [1.29, 1.82) is 0 Å². The summed E-state index contributed by atoms with van der Waals surface area (Å²) in [6, 6.07) is 16.1. The Hall–Kier alpha value is -5.93. The van der Waals surface area contributed by atoms with Crippen molar-refractivity contribution in [2.75, 3.05) is 18.1 Å². The Labute approximate surface area is 388 Å². The van der Waals surface area contributed by atoms with Crippen LogP contribution in [0.4, 0.5) is 0 Å². The highest BCUT2D eigenvalue weighted by atomic mass is 32.1. The van der Waals surface area contributed by atoms with Gasteiger partial charge in [0.2, 0.25) is 35.4 Å². The quantitative estimate of drug-likeness (QED) is 0.0291. The van der Waals surface area contributed by atoms with E-state index in [1.165, 1.54) is 6.92 Å². The van der Waals surface area contributed by atoms with Crippen molar-refractivity contribution >= 4 is 77.6 Å². The zero-order chi connectivity index (χ0) is 47.5. The monoisotopic (exact) mass is 933 g/mol. The molecule has 18 nitrogen and oxygen atoms in total. The van der Waals surface area contributed by atoms with Gasteiger partial charge in [-0.05, 0) is 61.9 Å². The summed E-state index contributed by atoms with van der Waals surface area (Å²) in [5.74, 6) is -6.54. The number of hydrogen-bond acceptors (Lipinski definition) is 12. The summed E-state index contributed by atoms with van der Waals surface area (Å²) < 4.78 is 0. The molecule has 6 amide bonds. The van der Waals surface area contributed by atoms with E-state index in [0.29, 0.717) is 24.0 Å². The van der Waals surface area contributed by atoms with E-state index in [0.717, 1.165) is 16.5 Å². The molecule has 4 rings (SSSR count). The van der Waals surface area contributed by atoms with Gasteiger partial charge in [0.1, 0.15) is 36.3 Å². The first-order valence-electron chi connectivity index (χ1n) is 21.2. The number of nitrogens with two attached hydrogens (primary N) is 2. The van der Waals surface area contributed by atoms with Crippen LogP contribution in [0.3, 0.4) is 0 Å². The summed E-state index contributed by atoms with van der Waals surface area (Å²) in [4.78, 5) is 97.7. The molecule has 0 saturated heterocycles. The molecule has 0 spiro atoms. The van der Waals surface area contributed by atoms with Gasteiger partial charge in [-0.2, -0.15) is 25.3 Å². The van der Waals surface area contributed by atoms with Crippen LogP contribution in [0.2, 0.25) is 0 Å². The van der Waals surface area contributed by atoms with Gasteiger partial charge in [-0.3, -0.25) is 28.8 Å². The summed E-state index contributed by atoms with van der Waals surface area (Å²) >= 11 is 8.26. The van der Waals surface area contributed by atoms with E-state index < -0.39 is 89.8 Å². The standard InChI is InChI=1S/C45H59N9O9S2/c1-26(55)38(44(61)53-37(25-65)45(62)63)54-40(57)33(18-10-11-19-46)49-42(59)35(22-29-23-48-32-17-9-8-16-30(29)32)51-41(58)34(21-28-14-6-3-7-15-28)50-43(60)36(24-64)52-39(56)31(47)20-27-12-4-2-5-13-27/h2-9,12-17,23,26,31,33-38,48,55,64-65H,10-11,18-22,24-25,46-47H2,1H3,(H,49,59)(H,50,60)(H,51,58)(H,52,56)(H,53,61)(H,54,57)(H,62,63)/t26-,31-,33+,34+,35-,36+,37+,38+/m1/s1. The van der Waals surface area contributed by atoms with Crippen LogP contribution >= 0.6 is 25.3 Å². The van der Waals surface area contributed by atoms with Gasteiger partial charge in [-0.25, -0.2) is 4.79 Å². The number of aliphatic hydroxyl groups is 1. The zero-order valence-electron chi connectivity index (χ0n) is 35.9. The molecule has 350 valence electrons. The number of benzene rings is 3. The number of thiol groups is 2. The third kappa shape index (κ3) is 15.9. The van der Waals surface area contributed by atoms with E-state index in [1.54, 1.807) is 36.5 Å². The van der Waals surface area contributed by atoms with Crippen LogP contribution in [0.5, 0.6) is 0 Å². The van der Waals surface area contributed by atoms with Gasteiger partial charge in [0, 0.05) is 41.4 Å². The fraction of sp³-hybridized carbons (Fsp3) is 0.400. The Morgan fingerprint density at radius 2 is 1.09 bits per heavy atom. The van der Waals surface area contributed by atoms with Crippen LogP contribution in [-0.4, -0.2) is 123 Å². The first-order chi connectivity index (χ1) is 31.1. The molecule has 3 aromatic carbocycles. The van der Waals surface area contributed by atoms with Gasteiger partial charge in [0.05, 0.1) is 12.1 Å². The van der Waals surface area contributed by atoms with E-state index in [9.17, 15) is 43.8 Å². The summed E-state index contributed by atoms with van der Waals surface area (Å²) in [6.45, 7) is 1.50. The predicted octanol–water partition coefficient (Wildman–Crippen LogP) is -0.114. The fourth-order valence-electron chi connectivity index (χ4n) is 6.91. The number of carbonyl (C=O) groups excluding carboxylic acids is 6. The Morgan fingerprint density at radius 3 is 1.66 bits per heavy atom. The number of rotatable bonds is 26. The van der Waals surface area contributed by atoms with Gasteiger partial charge >= 0.3 is 5.97 Å². The molecule has 0 radical (unpaired) electrons. The molecular formula is C45H59N9O9S2. The second kappa shape index (κ2) is 26.1. The second-order valence-electron chi connectivity index (χ2n) is 15.6. The molecule has 13 N–H and O–H groups in total. The SMILES string of the molecule is C[C@@H](O)[C@H](NC(=O)[C@H](CCCCN)NC(=O)[C@@H](Cc1c[nH]c2ccccc12)NC(=O)[C@H](Cc1ccccc1)NC(=O)[C@H](CS)NC(=O)[C@H](N)Cc1ccccc1)C(=O)N[C@@H](CS)C(=O)O. The minimum Gasteiger partial charge on any atom is -0.480 e. The summed E-state index contributed by atoms with van der Waals surface area (Å²) in [5.41, 5.74) is 14.8. The van der Waals surface area contributed by atoms with Gasteiger partial charge < -0.3 is 58.6 Å². The molecule has 0 fully saturated rings. The third-order valence-electron chi connectivity index (χ3n) is 10.5. The van der Waals surface area contributed by atoms with Gasteiger partial charge in [-0.15, -0.1) is 0 Å². The highest BCUT2D eigenvalue weighted by Crippen LogP contribution is 2.20. The van der Waals surface area contributed by atoms with E-state index >= 15 is 0 Å². The fourth-order valence-corrected chi connectivity index (χ4v) is 7.41. The summed E-state index contributed by atoms with van der Waals surface area (Å²) in [7, 11) is 0. The molecule has 0 bridgehead atoms. The van der Waals surface area contributed by atoms with Crippen molar-refractivity contribution in [3.8, 4) is 0 Å². The number of hydrogen-bond donors (Lipinski definition) is 13. The van der Waals surface area contributed by atoms with Crippen molar-refractivity contribution in [3.05, 3.63) is 108 Å². The average Bonchev–Trinajstić information content (AvgIpc) is 3.70. The number of nitrogens with one attached hydrogen (secondary N) is 7. The van der Waals surface area contributed by atoms with Crippen LogP contribution in [-0.2, 0) is 52.8 Å². The molecule has 1 heterocycles. The molecule has 65 heavy (non-hydrogen) atoms. The average molecular weight is 934 g/mol. The van der Waals surface area contributed by atoms with Crippen LogP contribution in [0, 0.1) is 0 Å². The Morgan fingerprint density at radius 1 is 0.600 bits per heavy atom. The van der Waals surface area contributed by atoms with Crippen LogP contribution in [0.15, 0.2) is 91.1 Å². The maximum atomic E-state index is 14.5. The lowest BCUT2D eigenvalue weighted by atomic mass is 10.0. The number of carboxylic acid groups (broad SMARTS) is 1. The molecule has 0 saturated carbocycles. The van der Waals surface area contributed by atoms with Crippen molar-refractivity contribution < 1.29 is 43.8 Å². The lowest BCUT2D eigenvalue weighted by Gasteiger charge is -2.28. The number of para-hydroxylation sites is 1. The Balaban J connectivity index is 1.62. The number of aliphatic hydroxyl groups excluding tert-OH is 1. The molecule has 20 heteroatoms. The van der Waals surface area contributed by atoms with E-state index in [2.05, 4.69) is 62.1 Å². The zero-order valence-corrected chi connectivity index (χ0v) is 37.7.